The molecule has 2 rings (SSSR count). The average molecular weight is 230 g/mol. The van der Waals surface area contributed by atoms with Crippen LogP contribution in [0.1, 0.15) is 15.9 Å². The predicted octanol–water partition coefficient (Wildman–Crippen LogP) is 2.75. The highest BCUT2D eigenvalue weighted by molar-refractivity contribution is 7.99. The van der Waals surface area contributed by atoms with E-state index in [4.69, 9.17) is 0 Å². The van der Waals surface area contributed by atoms with Gasteiger partial charge in [-0.25, -0.2) is 4.98 Å². The van der Waals surface area contributed by atoms with Gasteiger partial charge in [0, 0.05) is 22.9 Å². The first-order valence-electron chi connectivity index (χ1n) is 4.79. The number of aromatic nitrogens is 2. The SMILES string of the molecule is Cc1cc(C=O)ccc1Sc1cnccn1. The van der Waals surface area contributed by atoms with Gasteiger partial charge in [0.1, 0.15) is 11.3 Å². The van der Waals surface area contributed by atoms with Crippen LogP contribution in [-0.2, 0) is 0 Å². The lowest BCUT2D eigenvalue weighted by Gasteiger charge is -2.04. The van der Waals surface area contributed by atoms with Crippen molar-refractivity contribution < 1.29 is 4.79 Å². The highest BCUT2D eigenvalue weighted by Crippen LogP contribution is 2.28. The number of carbonyl (C=O) groups is 1. The molecule has 0 aliphatic carbocycles. The van der Waals surface area contributed by atoms with Crippen molar-refractivity contribution >= 4 is 18.0 Å². The third-order valence-corrected chi connectivity index (χ3v) is 3.19. The van der Waals surface area contributed by atoms with Gasteiger partial charge in [0.05, 0.1) is 6.20 Å². The van der Waals surface area contributed by atoms with E-state index in [2.05, 4.69) is 9.97 Å². The van der Waals surface area contributed by atoms with Crippen molar-refractivity contribution in [1.82, 2.24) is 9.97 Å². The fraction of sp³-hybridized carbons (Fsp3) is 0.0833. The van der Waals surface area contributed by atoms with Crippen molar-refractivity contribution in [3.63, 3.8) is 0 Å². The Hall–Kier alpha value is -1.68. The fourth-order valence-corrected chi connectivity index (χ4v) is 2.12. The standard InChI is InChI=1S/C12H10N2OS/c1-9-6-10(8-15)2-3-11(9)16-12-7-13-4-5-14-12/h2-8H,1H3. The Kier molecular flexibility index (Phi) is 3.31. The van der Waals surface area contributed by atoms with Crippen LogP contribution in [0.3, 0.4) is 0 Å². The maximum atomic E-state index is 10.6. The summed E-state index contributed by atoms with van der Waals surface area (Å²) in [6.07, 6.45) is 5.88. The number of aldehydes is 1. The minimum Gasteiger partial charge on any atom is -0.298 e. The van der Waals surface area contributed by atoms with Crippen LogP contribution < -0.4 is 0 Å². The average Bonchev–Trinajstić information content (AvgIpc) is 2.33. The number of hydrogen-bond acceptors (Lipinski definition) is 4. The predicted molar refractivity (Wildman–Crippen MR) is 62.7 cm³/mol. The molecule has 0 N–H and O–H groups in total. The van der Waals surface area contributed by atoms with Gasteiger partial charge < -0.3 is 0 Å². The highest BCUT2D eigenvalue weighted by Gasteiger charge is 2.03. The molecule has 3 nitrogen and oxygen atoms in total. The van der Waals surface area contributed by atoms with E-state index in [1.807, 2.05) is 19.1 Å². The molecule has 2 aromatic rings. The molecule has 80 valence electrons. The van der Waals surface area contributed by atoms with Gasteiger partial charge in [-0.2, -0.15) is 0 Å². The van der Waals surface area contributed by atoms with Crippen molar-refractivity contribution in [2.45, 2.75) is 16.8 Å². The lowest BCUT2D eigenvalue weighted by Crippen LogP contribution is -1.86. The second kappa shape index (κ2) is 4.90. The molecule has 16 heavy (non-hydrogen) atoms. The topological polar surface area (TPSA) is 42.9 Å². The van der Waals surface area contributed by atoms with Gasteiger partial charge in [-0.3, -0.25) is 9.78 Å². The largest absolute Gasteiger partial charge is 0.298 e. The molecule has 0 bridgehead atoms. The van der Waals surface area contributed by atoms with Crippen LogP contribution in [0.5, 0.6) is 0 Å². The Morgan fingerprint density at radius 3 is 2.81 bits per heavy atom. The maximum absolute atomic E-state index is 10.6. The Balaban J connectivity index is 2.25. The van der Waals surface area contributed by atoms with Crippen LogP contribution in [-0.4, -0.2) is 16.3 Å². The third-order valence-electron chi connectivity index (χ3n) is 2.09. The molecule has 0 fully saturated rings. The normalized spacial score (nSPS) is 10.1. The van der Waals surface area contributed by atoms with Gasteiger partial charge in [-0.05, 0) is 24.6 Å². The molecular weight excluding hydrogens is 220 g/mol. The van der Waals surface area contributed by atoms with Gasteiger partial charge in [-0.15, -0.1) is 0 Å². The summed E-state index contributed by atoms with van der Waals surface area (Å²) >= 11 is 1.54. The zero-order valence-electron chi connectivity index (χ0n) is 8.75. The molecule has 4 heteroatoms. The molecule has 0 unspecified atom stereocenters. The molecule has 1 heterocycles. The molecule has 0 spiro atoms. The van der Waals surface area contributed by atoms with Crippen molar-refractivity contribution in [3.05, 3.63) is 47.9 Å². The van der Waals surface area contributed by atoms with Gasteiger partial charge in [0.15, 0.2) is 0 Å². The number of benzene rings is 1. The zero-order chi connectivity index (χ0) is 11.4. The molecule has 0 saturated carbocycles. The van der Waals surface area contributed by atoms with Gasteiger partial charge in [0.25, 0.3) is 0 Å². The van der Waals surface area contributed by atoms with Crippen LogP contribution in [0, 0.1) is 6.92 Å². The molecule has 0 aliphatic heterocycles. The molecule has 0 amide bonds. The van der Waals surface area contributed by atoms with E-state index in [0.29, 0.717) is 5.56 Å². The second-order valence-electron chi connectivity index (χ2n) is 3.29. The summed E-state index contributed by atoms with van der Waals surface area (Å²) in [5.41, 5.74) is 1.77. The number of nitrogens with zero attached hydrogens (tertiary/aromatic N) is 2. The molecule has 0 aliphatic rings. The lowest BCUT2D eigenvalue weighted by atomic mass is 10.2. The fourth-order valence-electron chi connectivity index (χ4n) is 1.31. The van der Waals surface area contributed by atoms with Crippen LogP contribution >= 0.6 is 11.8 Å². The van der Waals surface area contributed by atoms with Crippen molar-refractivity contribution in [2.24, 2.45) is 0 Å². The summed E-state index contributed by atoms with van der Waals surface area (Å²) in [4.78, 5) is 19.9. The first kappa shape index (κ1) is 10.8. The summed E-state index contributed by atoms with van der Waals surface area (Å²) in [7, 11) is 0. The van der Waals surface area contributed by atoms with E-state index in [-0.39, 0.29) is 0 Å². The molecule has 0 radical (unpaired) electrons. The first-order valence-corrected chi connectivity index (χ1v) is 5.61. The number of rotatable bonds is 3. The summed E-state index contributed by atoms with van der Waals surface area (Å²) in [6.45, 7) is 1.98. The van der Waals surface area contributed by atoms with Gasteiger partial charge in [-0.1, -0.05) is 17.8 Å². The van der Waals surface area contributed by atoms with E-state index in [9.17, 15) is 4.79 Å². The first-order chi connectivity index (χ1) is 7.79. The molecule has 0 saturated heterocycles. The summed E-state index contributed by atoms with van der Waals surface area (Å²) in [6, 6.07) is 5.60. The van der Waals surface area contributed by atoms with Crippen molar-refractivity contribution in [2.75, 3.05) is 0 Å². The van der Waals surface area contributed by atoms with E-state index in [1.54, 1.807) is 36.4 Å². The maximum Gasteiger partial charge on any atom is 0.150 e. The van der Waals surface area contributed by atoms with E-state index < -0.39 is 0 Å². The quantitative estimate of drug-likeness (QED) is 0.760. The summed E-state index contributed by atoms with van der Waals surface area (Å²) in [5, 5.41) is 0.851. The Labute approximate surface area is 97.9 Å². The monoisotopic (exact) mass is 230 g/mol. The van der Waals surface area contributed by atoms with Gasteiger partial charge >= 0.3 is 0 Å². The van der Waals surface area contributed by atoms with Crippen LogP contribution in [0.2, 0.25) is 0 Å². The zero-order valence-corrected chi connectivity index (χ0v) is 9.57. The minimum absolute atomic E-state index is 0.695. The Morgan fingerprint density at radius 1 is 1.31 bits per heavy atom. The van der Waals surface area contributed by atoms with Gasteiger partial charge in [0.2, 0.25) is 0 Å². The summed E-state index contributed by atoms with van der Waals surface area (Å²) < 4.78 is 0. The summed E-state index contributed by atoms with van der Waals surface area (Å²) in [5.74, 6) is 0. The Bertz CT molecular complexity index is 500. The van der Waals surface area contributed by atoms with Crippen LogP contribution in [0.15, 0.2) is 46.7 Å². The molecule has 1 aromatic carbocycles. The third kappa shape index (κ3) is 2.46. The molecular formula is C12H10N2OS. The Morgan fingerprint density at radius 2 is 2.19 bits per heavy atom. The highest BCUT2D eigenvalue weighted by atomic mass is 32.2. The second-order valence-corrected chi connectivity index (χ2v) is 4.35. The van der Waals surface area contributed by atoms with E-state index in [1.165, 1.54) is 0 Å². The molecule has 1 aromatic heterocycles. The number of carbonyl (C=O) groups excluding carboxylic acids is 1. The number of aryl methyl sites for hydroxylation is 1. The van der Waals surface area contributed by atoms with Crippen molar-refractivity contribution in [1.29, 1.82) is 0 Å². The van der Waals surface area contributed by atoms with Crippen LogP contribution in [0.25, 0.3) is 0 Å². The van der Waals surface area contributed by atoms with E-state index in [0.717, 1.165) is 21.8 Å². The van der Waals surface area contributed by atoms with Crippen molar-refractivity contribution in [3.8, 4) is 0 Å². The van der Waals surface area contributed by atoms with E-state index >= 15 is 0 Å². The van der Waals surface area contributed by atoms with Crippen LogP contribution in [0.4, 0.5) is 0 Å². The number of hydrogen-bond donors (Lipinski definition) is 0. The smallest absolute Gasteiger partial charge is 0.150 e. The lowest BCUT2D eigenvalue weighted by molar-refractivity contribution is 0.112. The molecule has 0 atom stereocenters. The minimum atomic E-state index is 0.695.